The maximum absolute atomic E-state index is 13.2. The zero-order chi connectivity index (χ0) is 28.0. The van der Waals surface area contributed by atoms with Crippen LogP contribution in [-0.2, 0) is 21.1 Å². The van der Waals surface area contributed by atoms with Crippen molar-refractivity contribution in [1.82, 2.24) is 9.88 Å². The fraction of sp³-hybridized carbons (Fsp3) is 0.542. The molecule has 0 aliphatic carbocycles. The second kappa shape index (κ2) is 10.0. The van der Waals surface area contributed by atoms with E-state index in [2.05, 4.69) is 5.16 Å². The van der Waals surface area contributed by atoms with Crippen LogP contribution in [0, 0.1) is 5.41 Å². The highest BCUT2D eigenvalue weighted by Crippen LogP contribution is 2.42. The molecular weight excluding hydrogens is 547 g/mol. The number of thiazole rings is 1. The predicted molar refractivity (Wildman–Crippen MR) is 134 cm³/mol. The molecule has 1 fully saturated rings. The summed E-state index contributed by atoms with van der Waals surface area (Å²) in [6.45, 7) is 6.44. The number of hydrogen-bond acceptors (Lipinski definition) is 8. The van der Waals surface area contributed by atoms with Crippen LogP contribution in [0.2, 0.25) is 0 Å². The number of oxime groups is 1. The third-order valence-corrected chi connectivity index (χ3v) is 8.10. The van der Waals surface area contributed by atoms with E-state index in [4.69, 9.17) is 14.0 Å². The number of carbonyl (C=O) groups is 1. The van der Waals surface area contributed by atoms with E-state index in [1.54, 1.807) is 0 Å². The smallest absolute Gasteiger partial charge is 0.416 e. The van der Waals surface area contributed by atoms with Gasteiger partial charge in [-0.25, -0.2) is 9.78 Å². The van der Waals surface area contributed by atoms with Gasteiger partial charge in [0.2, 0.25) is 0 Å². The van der Waals surface area contributed by atoms with E-state index in [1.165, 1.54) is 16.2 Å². The zero-order valence-electron chi connectivity index (χ0n) is 21.2. The highest BCUT2D eigenvalue weighted by atomic mass is 32.2. The number of halogens is 3. The van der Waals surface area contributed by atoms with Gasteiger partial charge in [0.25, 0.3) is 0 Å². The van der Waals surface area contributed by atoms with Crippen LogP contribution in [0.4, 0.5) is 18.0 Å². The predicted octanol–water partition coefficient (Wildman–Crippen LogP) is 5.64. The van der Waals surface area contributed by atoms with Crippen molar-refractivity contribution in [2.45, 2.75) is 64.3 Å². The molecule has 1 saturated heterocycles. The van der Waals surface area contributed by atoms with Gasteiger partial charge in [0.05, 0.1) is 22.5 Å². The Hall–Kier alpha value is -2.87. The van der Waals surface area contributed by atoms with Crippen molar-refractivity contribution in [1.29, 1.82) is 0 Å². The molecule has 38 heavy (non-hydrogen) atoms. The van der Waals surface area contributed by atoms with Gasteiger partial charge >= 0.3 is 22.4 Å². The van der Waals surface area contributed by atoms with Gasteiger partial charge in [0.1, 0.15) is 11.5 Å². The van der Waals surface area contributed by atoms with Crippen LogP contribution < -0.4 is 4.18 Å². The van der Waals surface area contributed by atoms with Crippen molar-refractivity contribution < 1.29 is 40.5 Å². The molecule has 3 atom stereocenters. The molecular formula is C24H28F3N3O6S2. The van der Waals surface area contributed by atoms with Gasteiger partial charge in [-0.05, 0) is 30.4 Å². The first-order valence-electron chi connectivity index (χ1n) is 11.8. The number of rotatable bonds is 5. The number of aromatic nitrogens is 1. The molecule has 3 heterocycles. The molecule has 2 aliphatic heterocycles. The lowest BCUT2D eigenvalue weighted by Gasteiger charge is -2.44. The molecule has 0 spiro atoms. The largest absolute Gasteiger partial charge is 0.465 e. The molecule has 0 radical (unpaired) electrons. The van der Waals surface area contributed by atoms with E-state index in [9.17, 15) is 31.5 Å². The van der Waals surface area contributed by atoms with Crippen molar-refractivity contribution in [3.8, 4) is 5.75 Å². The minimum absolute atomic E-state index is 0.0666. The number of benzene rings is 1. The zero-order valence-corrected chi connectivity index (χ0v) is 22.8. The Kier molecular flexibility index (Phi) is 7.43. The number of alkyl halides is 3. The molecule has 0 saturated carbocycles. The van der Waals surface area contributed by atoms with E-state index in [1.807, 2.05) is 26.2 Å². The van der Waals surface area contributed by atoms with E-state index in [-0.39, 0.29) is 29.4 Å². The molecule has 9 nitrogen and oxygen atoms in total. The van der Waals surface area contributed by atoms with Crippen molar-refractivity contribution in [3.05, 3.63) is 45.4 Å². The van der Waals surface area contributed by atoms with Crippen LogP contribution in [0.3, 0.4) is 0 Å². The first-order chi connectivity index (χ1) is 17.5. The molecule has 208 valence electrons. The van der Waals surface area contributed by atoms with Gasteiger partial charge in [-0.1, -0.05) is 32.0 Å². The number of piperidine rings is 1. The summed E-state index contributed by atoms with van der Waals surface area (Å²) in [5.74, 6) is -0.405. The monoisotopic (exact) mass is 575 g/mol. The second-order valence-electron chi connectivity index (χ2n) is 10.5. The first-order valence-corrected chi connectivity index (χ1v) is 14.5. The minimum Gasteiger partial charge on any atom is -0.465 e. The van der Waals surface area contributed by atoms with E-state index >= 15 is 0 Å². The van der Waals surface area contributed by atoms with Gasteiger partial charge in [-0.2, -0.15) is 21.6 Å². The van der Waals surface area contributed by atoms with Gasteiger partial charge < -0.3 is 19.0 Å². The molecule has 4 rings (SSSR count). The summed E-state index contributed by atoms with van der Waals surface area (Å²) in [7, 11) is -4.10. The number of carboxylic acid groups (broad SMARTS) is 1. The van der Waals surface area contributed by atoms with Crippen molar-refractivity contribution >= 4 is 33.3 Å². The Bertz CT molecular complexity index is 1350. The summed E-state index contributed by atoms with van der Waals surface area (Å²) in [6.07, 6.45) is -4.32. The van der Waals surface area contributed by atoms with Gasteiger partial charge in [0, 0.05) is 35.9 Å². The third kappa shape index (κ3) is 6.22. The fourth-order valence-corrected chi connectivity index (χ4v) is 6.20. The fourth-order valence-electron chi connectivity index (χ4n) is 4.75. The van der Waals surface area contributed by atoms with Gasteiger partial charge in [-0.15, -0.1) is 11.3 Å². The average molecular weight is 576 g/mol. The third-order valence-electron chi connectivity index (χ3n) is 6.61. The van der Waals surface area contributed by atoms with E-state index < -0.39 is 39.8 Å². The average Bonchev–Trinajstić information content (AvgIpc) is 3.46. The van der Waals surface area contributed by atoms with Crippen LogP contribution in [0.15, 0.2) is 28.7 Å². The van der Waals surface area contributed by atoms with E-state index in [0.29, 0.717) is 36.9 Å². The standard InChI is InChI=1S/C24H28F3N3O6S2/c1-23(2,3)20-9-13(7-8-30(20)22(31)32)21-28-17(12-37-21)16-11-18(35-29-16)15-6-5-14(24(25,26)27)10-19(15)36-38(4,33)34/h5-6,10,12-13,18,20H,7-9,11H2,1-4H3,(H,31,32). The lowest BCUT2D eigenvalue weighted by Crippen LogP contribution is -2.51. The Morgan fingerprint density at radius 2 is 1.97 bits per heavy atom. The number of nitrogens with zero attached hydrogens (tertiary/aromatic N) is 3. The normalized spacial score (nSPS) is 22.7. The molecule has 1 aromatic carbocycles. The van der Waals surface area contributed by atoms with Crippen LogP contribution in [0.1, 0.15) is 73.9 Å². The molecule has 2 aromatic rings. The molecule has 14 heteroatoms. The van der Waals surface area contributed by atoms with Gasteiger partial charge in [-0.3, -0.25) is 0 Å². The maximum Gasteiger partial charge on any atom is 0.416 e. The maximum atomic E-state index is 13.2. The summed E-state index contributed by atoms with van der Waals surface area (Å²) < 4.78 is 67.8. The van der Waals surface area contributed by atoms with Crippen LogP contribution in [0.25, 0.3) is 0 Å². The summed E-state index contributed by atoms with van der Waals surface area (Å²) in [6, 6.07) is 2.42. The molecule has 1 aromatic heterocycles. The van der Waals surface area contributed by atoms with Crippen LogP contribution in [0.5, 0.6) is 5.75 Å². The minimum atomic E-state index is -4.68. The highest BCUT2D eigenvalue weighted by Gasteiger charge is 2.40. The highest BCUT2D eigenvalue weighted by molar-refractivity contribution is 7.86. The number of likely N-dealkylation sites (tertiary alicyclic amines) is 1. The number of hydrogen-bond donors (Lipinski definition) is 1. The summed E-state index contributed by atoms with van der Waals surface area (Å²) in [5, 5.41) is 16.3. The van der Waals surface area contributed by atoms with Crippen LogP contribution in [-0.4, -0.2) is 54.1 Å². The van der Waals surface area contributed by atoms with Crippen LogP contribution >= 0.6 is 11.3 Å². The molecule has 2 aliphatic rings. The topological polar surface area (TPSA) is 118 Å². The Morgan fingerprint density at radius 1 is 1.26 bits per heavy atom. The molecule has 1 N–H and O–H groups in total. The van der Waals surface area contributed by atoms with Crippen molar-refractivity contribution in [2.24, 2.45) is 10.6 Å². The lowest BCUT2D eigenvalue weighted by atomic mass is 9.77. The summed E-state index contributed by atoms with van der Waals surface area (Å²) >= 11 is 1.44. The first kappa shape index (κ1) is 28.1. The summed E-state index contributed by atoms with van der Waals surface area (Å²) in [5.41, 5.74) is -0.158. The number of amides is 1. The van der Waals surface area contributed by atoms with E-state index in [0.717, 1.165) is 23.4 Å². The lowest BCUT2D eigenvalue weighted by molar-refractivity contribution is -0.137. The molecule has 3 unspecified atom stereocenters. The second-order valence-corrected chi connectivity index (χ2v) is 13.0. The molecule has 1 amide bonds. The van der Waals surface area contributed by atoms with Crippen molar-refractivity contribution in [3.63, 3.8) is 0 Å². The Morgan fingerprint density at radius 3 is 2.58 bits per heavy atom. The van der Waals surface area contributed by atoms with Gasteiger partial charge in [0.15, 0.2) is 6.10 Å². The quantitative estimate of drug-likeness (QED) is 0.459. The Labute approximate surface area is 222 Å². The Balaban J connectivity index is 1.52. The van der Waals surface area contributed by atoms with Crippen molar-refractivity contribution in [2.75, 3.05) is 12.8 Å². The SMILES string of the molecule is CC(C)(C)C1CC(c2nc(C3=NOC(c4ccc(C(F)(F)F)cc4OS(C)(=O)=O)C3)cs2)CCN1C(=O)O. The molecule has 0 bridgehead atoms. The summed E-state index contributed by atoms with van der Waals surface area (Å²) in [4.78, 5) is 23.4.